The fourth-order valence-electron chi connectivity index (χ4n) is 2.55. The van der Waals surface area contributed by atoms with Gasteiger partial charge in [-0.15, -0.1) is 0 Å². The molecule has 0 aliphatic rings. The molecule has 0 radical (unpaired) electrons. The quantitative estimate of drug-likeness (QED) is 0.747. The van der Waals surface area contributed by atoms with Crippen LogP contribution in [0, 0.1) is 19.8 Å². The summed E-state index contributed by atoms with van der Waals surface area (Å²) in [5.74, 6) is -0.275. The molecule has 1 amide bonds. The first-order chi connectivity index (χ1) is 12.1. The van der Waals surface area contributed by atoms with Crippen LogP contribution in [-0.4, -0.2) is 37.7 Å². The first kappa shape index (κ1) is 20.4. The second-order valence-electron chi connectivity index (χ2n) is 6.27. The fraction of sp³-hybridized carbons (Fsp3) is 0.412. The van der Waals surface area contributed by atoms with Crippen LogP contribution >= 0.6 is 11.6 Å². The third-order valence-electron chi connectivity index (χ3n) is 3.96. The molecule has 1 aromatic carbocycles. The van der Waals surface area contributed by atoms with Gasteiger partial charge in [-0.2, -0.15) is 5.10 Å². The Morgan fingerprint density at radius 3 is 2.58 bits per heavy atom. The van der Waals surface area contributed by atoms with Crippen molar-refractivity contribution >= 4 is 27.5 Å². The summed E-state index contributed by atoms with van der Waals surface area (Å²) in [5, 5.41) is 7.41. The number of benzene rings is 1. The average molecular weight is 399 g/mol. The number of nitrogens with one attached hydrogen (secondary N) is 2. The molecule has 26 heavy (non-hydrogen) atoms. The van der Waals surface area contributed by atoms with Gasteiger partial charge in [-0.3, -0.25) is 9.48 Å². The summed E-state index contributed by atoms with van der Waals surface area (Å²) in [6, 6.07) is 6.03. The number of rotatable bonds is 7. The maximum atomic E-state index is 12.4. The highest BCUT2D eigenvalue weighted by atomic mass is 35.5. The van der Waals surface area contributed by atoms with E-state index in [-0.39, 0.29) is 21.4 Å². The van der Waals surface area contributed by atoms with Crippen LogP contribution in [0.5, 0.6) is 0 Å². The van der Waals surface area contributed by atoms with E-state index in [0.717, 1.165) is 11.4 Å². The van der Waals surface area contributed by atoms with Crippen LogP contribution in [0.1, 0.15) is 28.7 Å². The minimum atomic E-state index is -3.65. The molecule has 0 aliphatic heterocycles. The number of hydrogen-bond acceptors (Lipinski definition) is 4. The van der Waals surface area contributed by atoms with Gasteiger partial charge in [0.25, 0.3) is 5.91 Å². The Bertz CT molecular complexity index is 909. The van der Waals surface area contributed by atoms with Crippen molar-refractivity contribution in [3.8, 4) is 0 Å². The van der Waals surface area contributed by atoms with Gasteiger partial charge >= 0.3 is 0 Å². The van der Waals surface area contributed by atoms with Crippen molar-refractivity contribution in [2.45, 2.75) is 32.2 Å². The van der Waals surface area contributed by atoms with E-state index in [4.69, 9.17) is 11.6 Å². The zero-order chi connectivity index (χ0) is 19.5. The van der Waals surface area contributed by atoms with Gasteiger partial charge in [-0.1, -0.05) is 18.5 Å². The molecule has 1 unspecified atom stereocenters. The molecule has 7 nitrogen and oxygen atoms in total. The summed E-state index contributed by atoms with van der Waals surface area (Å²) in [6.45, 7) is 7.00. The van der Waals surface area contributed by atoms with E-state index in [1.165, 1.54) is 25.2 Å². The number of aryl methyl sites for hydroxylation is 2. The number of aromatic nitrogens is 2. The van der Waals surface area contributed by atoms with E-state index in [1.54, 1.807) is 0 Å². The molecule has 1 heterocycles. The molecule has 2 aromatic rings. The summed E-state index contributed by atoms with van der Waals surface area (Å²) in [7, 11) is -2.34. The number of hydrogen-bond donors (Lipinski definition) is 2. The van der Waals surface area contributed by atoms with Gasteiger partial charge in [0.15, 0.2) is 0 Å². The Morgan fingerprint density at radius 1 is 1.31 bits per heavy atom. The number of carbonyl (C=O) groups is 1. The molecule has 142 valence electrons. The molecule has 0 aliphatic carbocycles. The van der Waals surface area contributed by atoms with Crippen molar-refractivity contribution in [1.82, 2.24) is 19.8 Å². The van der Waals surface area contributed by atoms with E-state index in [1.807, 2.05) is 31.5 Å². The normalized spacial score (nSPS) is 12.8. The molecule has 0 spiro atoms. The third-order valence-corrected chi connectivity index (χ3v) is 5.70. The van der Waals surface area contributed by atoms with Gasteiger partial charge in [0.2, 0.25) is 10.0 Å². The SMILES string of the molecule is CNS(=O)(=O)c1ccc(Cl)c(C(=O)NCC(C)Cn2nc(C)cc2C)c1. The third kappa shape index (κ3) is 4.84. The smallest absolute Gasteiger partial charge is 0.252 e. The largest absolute Gasteiger partial charge is 0.352 e. The van der Waals surface area contributed by atoms with Gasteiger partial charge in [0.1, 0.15) is 0 Å². The lowest BCUT2D eigenvalue weighted by Gasteiger charge is -2.15. The maximum absolute atomic E-state index is 12.4. The zero-order valence-corrected chi connectivity index (χ0v) is 16.8. The van der Waals surface area contributed by atoms with Crippen LogP contribution in [0.15, 0.2) is 29.2 Å². The highest BCUT2D eigenvalue weighted by Crippen LogP contribution is 2.20. The van der Waals surface area contributed by atoms with Gasteiger partial charge < -0.3 is 5.32 Å². The molecule has 0 saturated carbocycles. The molecule has 0 fully saturated rings. The molecule has 0 saturated heterocycles. The van der Waals surface area contributed by atoms with Crippen molar-refractivity contribution in [3.63, 3.8) is 0 Å². The van der Waals surface area contributed by atoms with E-state index >= 15 is 0 Å². The monoisotopic (exact) mass is 398 g/mol. The standard InChI is InChI=1S/C17H23ClN4O3S/c1-11(10-22-13(3)7-12(2)21-22)9-20-17(23)15-8-14(5-6-16(15)18)26(24,25)19-4/h5-8,11,19H,9-10H2,1-4H3,(H,20,23). The van der Waals surface area contributed by atoms with E-state index in [9.17, 15) is 13.2 Å². The van der Waals surface area contributed by atoms with Crippen molar-refractivity contribution < 1.29 is 13.2 Å². The van der Waals surface area contributed by atoms with Gasteiger partial charge in [-0.25, -0.2) is 13.1 Å². The summed E-state index contributed by atoms with van der Waals surface area (Å²) < 4.78 is 27.9. The number of amides is 1. The van der Waals surface area contributed by atoms with Crippen LogP contribution in [0.2, 0.25) is 5.02 Å². The summed E-state index contributed by atoms with van der Waals surface area (Å²) in [4.78, 5) is 12.4. The topological polar surface area (TPSA) is 93.1 Å². The van der Waals surface area contributed by atoms with E-state index < -0.39 is 15.9 Å². The van der Waals surface area contributed by atoms with Crippen LogP contribution in [0.4, 0.5) is 0 Å². The van der Waals surface area contributed by atoms with Gasteiger partial charge in [0, 0.05) is 18.8 Å². The van der Waals surface area contributed by atoms with E-state index in [2.05, 4.69) is 15.1 Å². The van der Waals surface area contributed by atoms with Crippen molar-refractivity contribution in [2.75, 3.05) is 13.6 Å². The Morgan fingerprint density at radius 2 is 2.00 bits per heavy atom. The minimum absolute atomic E-state index is 0.00904. The Labute approximate surface area is 158 Å². The Kier molecular flexibility index (Phi) is 6.44. The predicted octanol–water partition coefficient (Wildman–Crippen LogP) is 2.13. The summed E-state index contributed by atoms with van der Waals surface area (Å²) in [5.41, 5.74) is 2.14. The second-order valence-corrected chi connectivity index (χ2v) is 8.57. The lowest BCUT2D eigenvalue weighted by Crippen LogP contribution is -2.30. The fourth-order valence-corrected chi connectivity index (χ4v) is 3.50. The van der Waals surface area contributed by atoms with Crippen LogP contribution < -0.4 is 10.0 Å². The predicted molar refractivity (Wildman–Crippen MR) is 101 cm³/mol. The molecule has 9 heteroatoms. The van der Waals surface area contributed by atoms with Crippen molar-refractivity contribution in [1.29, 1.82) is 0 Å². The Balaban J connectivity index is 2.05. The highest BCUT2D eigenvalue weighted by Gasteiger charge is 2.18. The highest BCUT2D eigenvalue weighted by molar-refractivity contribution is 7.89. The maximum Gasteiger partial charge on any atom is 0.252 e. The Hall–Kier alpha value is -1.90. The van der Waals surface area contributed by atoms with Crippen LogP contribution in [0.3, 0.4) is 0 Å². The number of sulfonamides is 1. The average Bonchev–Trinajstić information content (AvgIpc) is 2.90. The first-order valence-corrected chi connectivity index (χ1v) is 10.0. The van der Waals surface area contributed by atoms with Gasteiger partial charge in [0.05, 0.1) is 21.2 Å². The molecule has 0 bridgehead atoms. The summed E-state index contributed by atoms with van der Waals surface area (Å²) >= 11 is 6.06. The van der Waals surface area contributed by atoms with Crippen molar-refractivity contribution in [2.24, 2.45) is 5.92 Å². The first-order valence-electron chi connectivity index (χ1n) is 8.16. The molecular weight excluding hydrogens is 376 g/mol. The number of nitrogens with zero attached hydrogens (tertiary/aromatic N) is 2. The molecule has 1 atom stereocenters. The zero-order valence-electron chi connectivity index (χ0n) is 15.2. The molecule has 1 aromatic heterocycles. The molecular formula is C17H23ClN4O3S. The lowest BCUT2D eigenvalue weighted by molar-refractivity contribution is 0.0946. The van der Waals surface area contributed by atoms with Gasteiger partial charge in [-0.05, 0) is 51.1 Å². The number of halogens is 1. The van der Waals surface area contributed by atoms with E-state index in [0.29, 0.717) is 13.1 Å². The van der Waals surface area contributed by atoms with Crippen LogP contribution in [0.25, 0.3) is 0 Å². The molecule has 2 N–H and O–H groups in total. The lowest BCUT2D eigenvalue weighted by atomic mass is 10.1. The summed E-state index contributed by atoms with van der Waals surface area (Å²) in [6.07, 6.45) is 0. The number of carbonyl (C=O) groups excluding carboxylic acids is 1. The molecule has 2 rings (SSSR count). The minimum Gasteiger partial charge on any atom is -0.352 e. The van der Waals surface area contributed by atoms with Crippen molar-refractivity contribution in [3.05, 3.63) is 46.2 Å². The van der Waals surface area contributed by atoms with Crippen LogP contribution in [-0.2, 0) is 16.6 Å². The second kappa shape index (κ2) is 8.20.